The summed E-state index contributed by atoms with van der Waals surface area (Å²) in [6.07, 6.45) is 2.76. The van der Waals surface area contributed by atoms with Gasteiger partial charge in [-0.1, -0.05) is 0 Å². The smallest absolute Gasteiger partial charge is 0.330 e. The molecule has 7 heteroatoms. The zero-order chi connectivity index (χ0) is 17.5. The fraction of sp³-hybridized carbons (Fsp3) is 0.235. The maximum absolute atomic E-state index is 11.3. The van der Waals surface area contributed by atoms with E-state index in [1.54, 1.807) is 32.0 Å². The summed E-state index contributed by atoms with van der Waals surface area (Å²) < 4.78 is 15.9. The van der Waals surface area contributed by atoms with Gasteiger partial charge in [0.25, 0.3) is 5.69 Å². The van der Waals surface area contributed by atoms with Crippen LogP contribution in [0.3, 0.4) is 0 Å². The summed E-state index contributed by atoms with van der Waals surface area (Å²) in [5.41, 5.74) is 0.537. The normalized spacial score (nSPS) is 10.8. The molecule has 0 unspecified atom stereocenters. The summed E-state index contributed by atoms with van der Waals surface area (Å²) >= 11 is 0. The number of rotatable bonds is 7. The monoisotopic (exact) mass is 331 g/mol. The number of nitro benzene ring substituents is 1. The van der Waals surface area contributed by atoms with E-state index in [2.05, 4.69) is 0 Å². The molecule has 0 aliphatic carbocycles. The van der Waals surface area contributed by atoms with Crippen molar-refractivity contribution < 1.29 is 23.6 Å². The van der Waals surface area contributed by atoms with Crippen molar-refractivity contribution in [2.45, 2.75) is 13.8 Å². The van der Waals surface area contributed by atoms with E-state index >= 15 is 0 Å². The fourth-order valence-corrected chi connectivity index (χ4v) is 2.03. The SMILES string of the molecule is CCOC(=O)/C=C/c1ccc(-c2ccc([N+](=O)[O-])cc2OCC)o1. The molecule has 2 rings (SSSR count). The van der Waals surface area contributed by atoms with Crippen molar-refractivity contribution in [2.24, 2.45) is 0 Å². The Kier molecular flexibility index (Phi) is 5.73. The second kappa shape index (κ2) is 7.96. The van der Waals surface area contributed by atoms with Gasteiger partial charge in [-0.3, -0.25) is 10.1 Å². The number of nitro groups is 1. The van der Waals surface area contributed by atoms with Gasteiger partial charge in [-0.05, 0) is 38.1 Å². The highest BCUT2D eigenvalue weighted by Gasteiger charge is 2.15. The van der Waals surface area contributed by atoms with Crippen LogP contribution in [0, 0.1) is 10.1 Å². The number of carbonyl (C=O) groups is 1. The lowest BCUT2D eigenvalue weighted by molar-refractivity contribution is -0.384. The molecule has 0 bridgehead atoms. The van der Waals surface area contributed by atoms with E-state index < -0.39 is 10.9 Å². The van der Waals surface area contributed by atoms with Crippen LogP contribution in [0.5, 0.6) is 5.75 Å². The molecule has 126 valence electrons. The highest BCUT2D eigenvalue weighted by atomic mass is 16.6. The van der Waals surface area contributed by atoms with Gasteiger partial charge in [-0.15, -0.1) is 0 Å². The van der Waals surface area contributed by atoms with Crippen LogP contribution in [0.1, 0.15) is 19.6 Å². The number of benzene rings is 1. The first kappa shape index (κ1) is 17.3. The van der Waals surface area contributed by atoms with Crippen LogP contribution in [0.25, 0.3) is 17.4 Å². The Balaban J connectivity index is 2.28. The molecule has 1 aromatic heterocycles. The van der Waals surface area contributed by atoms with Crippen LogP contribution >= 0.6 is 0 Å². The molecule has 2 aromatic rings. The zero-order valence-corrected chi connectivity index (χ0v) is 13.4. The molecular formula is C17H17NO6. The molecular weight excluding hydrogens is 314 g/mol. The van der Waals surface area contributed by atoms with Gasteiger partial charge in [0, 0.05) is 12.1 Å². The molecule has 0 aliphatic rings. The average Bonchev–Trinajstić information content (AvgIpc) is 3.02. The molecule has 7 nitrogen and oxygen atoms in total. The van der Waals surface area contributed by atoms with Gasteiger partial charge in [0.15, 0.2) is 0 Å². The molecule has 0 saturated heterocycles. The second-order valence-corrected chi connectivity index (χ2v) is 4.66. The first-order chi connectivity index (χ1) is 11.5. The number of hydrogen-bond acceptors (Lipinski definition) is 6. The molecule has 0 N–H and O–H groups in total. The largest absolute Gasteiger partial charge is 0.493 e. The predicted molar refractivity (Wildman–Crippen MR) is 87.6 cm³/mol. The van der Waals surface area contributed by atoms with E-state index in [0.29, 0.717) is 36.0 Å². The lowest BCUT2D eigenvalue weighted by Gasteiger charge is -2.07. The number of furan rings is 1. The quantitative estimate of drug-likeness (QED) is 0.331. The van der Waals surface area contributed by atoms with Crippen molar-refractivity contribution in [3.05, 3.63) is 52.3 Å². The van der Waals surface area contributed by atoms with Crippen LogP contribution in [-0.2, 0) is 9.53 Å². The Morgan fingerprint density at radius 3 is 2.71 bits per heavy atom. The molecule has 0 aliphatic heterocycles. The lowest BCUT2D eigenvalue weighted by atomic mass is 10.1. The molecule has 1 heterocycles. The summed E-state index contributed by atoms with van der Waals surface area (Å²) in [6, 6.07) is 7.70. The van der Waals surface area contributed by atoms with Crippen LogP contribution in [0.4, 0.5) is 5.69 Å². The third-order valence-electron chi connectivity index (χ3n) is 3.04. The number of carbonyl (C=O) groups excluding carboxylic acids is 1. The fourth-order valence-electron chi connectivity index (χ4n) is 2.03. The molecule has 0 fully saturated rings. The lowest BCUT2D eigenvalue weighted by Crippen LogP contribution is -1.98. The zero-order valence-electron chi connectivity index (χ0n) is 13.4. The summed E-state index contributed by atoms with van der Waals surface area (Å²) in [4.78, 5) is 21.7. The predicted octanol–water partition coefficient (Wildman–Crippen LogP) is 3.83. The van der Waals surface area contributed by atoms with Crippen molar-refractivity contribution in [3.63, 3.8) is 0 Å². The Morgan fingerprint density at radius 2 is 2.04 bits per heavy atom. The maximum Gasteiger partial charge on any atom is 0.330 e. The van der Waals surface area contributed by atoms with Crippen molar-refractivity contribution in [3.8, 4) is 17.1 Å². The van der Waals surface area contributed by atoms with E-state index in [1.807, 2.05) is 0 Å². The molecule has 0 atom stereocenters. The van der Waals surface area contributed by atoms with Gasteiger partial charge in [0.05, 0.1) is 29.8 Å². The summed E-state index contributed by atoms with van der Waals surface area (Å²) in [5.74, 6) is 0.846. The van der Waals surface area contributed by atoms with Crippen molar-refractivity contribution in [1.29, 1.82) is 0 Å². The van der Waals surface area contributed by atoms with Gasteiger partial charge >= 0.3 is 5.97 Å². The van der Waals surface area contributed by atoms with Gasteiger partial charge in [0.1, 0.15) is 17.3 Å². The van der Waals surface area contributed by atoms with E-state index in [-0.39, 0.29) is 5.69 Å². The number of ether oxygens (including phenoxy) is 2. The Bertz CT molecular complexity index is 762. The average molecular weight is 331 g/mol. The van der Waals surface area contributed by atoms with Crippen LogP contribution < -0.4 is 4.74 Å². The number of non-ortho nitro benzene ring substituents is 1. The number of nitrogens with zero attached hydrogens (tertiary/aromatic N) is 1. The van der Waals surface area contributed by atoms with Crippen molar-refractivity contribution in [2.75, 3.05) is 13.2 Å². The Morgan fingerprint density at radius 1 is 1.25 bits per heavy atom. The van der Waals surface area contributed by atoms with Gasteiger partial charge < -0.3 is 13.9 Å². The maximum atomic E-state index is 11.3. The van der Waals surface area contributed by atoms with Crippen molar-refractivity contribution in [1.82, 2.24) is 0 Å². The summed E-state index contributed by atoms with van der Waals surface area (Å²) in [6.45, 7) is 4.18. The van der Waals surface area contributed by atoms with Gasteiger partial charge in [0.2, 0.25) is 0 Å². The first-order valence-electron chi connectivity index (χ1n) is 7.41. The third kappa shape index (κ3) is 4.22. The van der Waals surface area contributed by atoms with E-state index in [9.17, 15) is 14.9 Å². The minimum atomic E-state index is -0.484. The minimum absolute atomic E-state index is 0.0591. The topological polar surface area (TPSA) is 91.8 Å². The highest BCUT2D eigenvalue weighted by molar-refractivity contribution is 5.86. The van der Waals surface area contributed by atoms with E-state index in [0.717, 1.165) is 0 Å². The van der Waals surface area contributed by atoms with Gasteiger partial charge in [-0.25, -0.2) is 4.79 Å². The third-order valence-corrected chi connectivity index (χ3v) is 3.04. The van der Waals surface area contributed by atoms with E-state index in [1.165, 1.54) is 24.3 Å². The molecule has 0 saturated carbocycles. The molecule has 0 radical (unpaired) electrons. The molecule has 1 aromatic carbocycles. The molecule has 0 amide bonds. The summed E-state index contributed by atoms with van der Waals surface area (Å²) in [5, 5.41) is 10.9. The minimum Gasteiger partial charge on any atom is -0.493 e. The highest BCUT2D eigenvalue weighted by Crippen LogP contribution is 2.34. The first-order valence-corrected chi connectivity index (χ1v) is 7.41. The Hall–Kier alpha value is -3.09. The van der Waals surface area contributed by atoms with Crippen molar-refractivity contribution >= 4 is 17.7 Å². The van der Waals surface area contributed by atoms with Crippen LogP contribution in [0.15, 0.2) is 40.8 Å². The molecule has 24 heavy (non-hydrogen) atoms. The second-order valence-electron chi connectivity index (χ2n) is 4.66. The standard InChI is InChI=1S/C17H17NO6/c1-3-22-16-11-12(18(20)21)5-8-14(16)15-9-6-13(24-15)7-10-17(19)23-4-2/h5-11H,3-4H2,1-2H3/b10-7+. The number of esters is 1. The van der Waals surface area contributed by atoms with Gasteiger partial charge in [-0.2, -0.15) is 0 Å². The van der Waals surface area contributed by atoms with Crippen LogP contribution in [0.2, 0.25) is 0 Å². The summed E-state index contributed by atoms with van der Waals surface area (Å²) in [7, 11) is 0. The molecule has 0 spiro atoms. The van der Waals surface area contributed by atoms with E-state index in [4.69, 9.17) is 13.9 Å². The Labute approximate surface area is 138 Å². The van der Waals surface area contributed by atoms with Crippen LogP contribution in [-0.4, -0.2) is 24.1 Å². The number of hydrogen-bond donors (Lipinski definition) is 0.